The van der Waals surface area contributed by atoms with Crippen molar-refractivity contribution in [3.63, 3.8) is 0 Å². The maximum atomic E-state index is 5.74. The Morgan fingerprint density at radius 3 is 2.36 bits per heavy atom. The van der Waals surface area contributed by atoms with Crippen molar-refractivity contribution >= 4 is 11.8 Å². The van der Waals surface area contributed by atoms with E-state index >= 15 is 0 Å². The Morgan fingerprint density at radius 1 is 1.43 bits per heavy atom. The number of hydrogen-bond acceptors (Lipinski definition) is 3. The Bertz CT molecular complexity index is 148. The first kappa shape index (κ1) is 14.3. The monoisotopic (exact) mass is 218 g/mol. The zero-order chi connectivity index (χ0) is 11.2. The molecule has 0 aromatic carbocycles. The Hall–Kier alpha value is 0.270. The van der Waals surface area contributed by atoms with Crippen LogP contribution in [0.15, 0.2) is 0 Å². The van der Waals surface area contributed by atoms with Crippen LogP contribution in [0.25, 0.3) is 0 Å². The number of rotatable bonds is 7. The molecule has 0 aliphatic rings. The highest BCUT2D eigenvalue weighted by molar-refractivity contribution is 7.98. The summed E-state index contributed by atoms with van der Waals surface area (Å²) in [6.07, 6.45) is 3.39. The minimum absolute atomic E-state index is 0.237. The maximum Gasteiger partial charge on any atom is 0.0180 e. The summed E-state index contributed by atoms with van der Waals surface area (Å²) in [6, 6.07) is 0.691. The van der Waals surface area contributed by atoms with Crippen LogP contribution in [0.3, 0.4) is 0 Å². The predicted molar refractivity (Wildman–Crippen MR) is 67.9 cm³/mol. The molecule has 0 aliphatic carbocycles. The third-order valence-corrected chi connectivity index (χ3v) is 3.40. The van der Waals surface area contributed by atoms with E-state index in [2.05, 4.69) is 39.0 Å². The van der Waals surface area contributed by atoms with Crippen LogP contribution < -0.4 is 5.73 Å². The van der Waals surface area contributed by atoms with E-state index in [1.54, 1.807) is 0 Å². The van der Waals surface area contributed by atoms with Crippen molar-refractivity contribution in [3.05, 3.63) is 0 Å². The van der Waals surface area contributed by atoms with Crippen LogP contribution in [0.2, 0.25) is 0 Å². The van der Waals surface area contributed by atoms with E-state index in [1.165, 1.54) is 12.2 Å². The van der Waals surface area contributed by atoms with Crippen LogP contribution in [0.4, 0.5) is 0 Å². The van der Waals surface area contributed by atoms with Gasteiger partial charge in [-0.3, -0.25) is 0 Å². The molecule has 0 fully saturated rings. The van der Waals surface area contributed by atoms with Crippen molar-refractivity contribution in [2.45, 2.75) is 33.2 Å². The second kappa shape index (κ2) is 6.70. The molecule has 1 atom stereocenters. The van der Waals surface area contributed by atoms with Crippen LogP contribution in [0.1, 0.15) is 27.2 Å². The summed E-state index contributed by atoms with van der Waals surface area (Å²) in [4.78, 5) is 2.45. The van der Waals surface area contributed by atoms with Gasteiger partial charge >= 0.3 is 0 Å². The SMILES string of the molecule is CCC(CSC)N(C)CC(C)(C)CN. The number of nitrogens with two attached hydrogens (primary N) is 1. The summed E-state index contributed by atoms with van der Waals surface area (Å²) in [5, 5.41) is 0. The van der Waals surface area contributed by atoms with Crippen molar-refractivity contribution in [2.24, 2.45) is 11.1 Å². The molecule has 0 saturated carbocycles. The lowest BCUT2D eigenvalue weighted by Gasteiger charge is -2.34. The van der Waals surface area contributed by atoms with Gasteiger partial charge in [0.15, 0.2) is 0 Å². The summed E-state index contributed by atoms with van der Waals surface area (Å²) in [7, 11) is 2.21. The van der Waals surface area contributed by atoms with Crippen molar-refractivity contribution < 1.29 is 0 Å². The van der Waals surface area contributed by atoms with E-state index in [1.807, 2.05) is 11.8 Å². The smallest absolute Gasteiger partial charge is 0.0180 e. The molecule has 0 saturated heterocycles. The van der Waals surface area contributed by atoms with Gasteiger partial charge in [-0.25, -0.2) is 0 Å². The second-order valence-electron chi connectivity index (χ2n) is 4.80. The summed E-state index contributed by atoms with van der Waals surface area (Å²) < 4.78 is 0. The van der Waals surface area contributed by atoms with Crippen molar-refractivity contribution in [3.8, 4) is 0 Å². The highest BCUT2D eigenvalue weighted by atomic mass is 32.2. The number of nitrogens with zero attached hydrogens (tertiary/aromatic N) is 1. The van der Waals surface area contributed by atoms with Gasteiger partial charge in [-0.2, -0.15) is 11.8 Å². The fourth-order valence-electron chi connectivity index (χ4n) is 1.62. The van der Waals surface area contributed by atoms with Gasteiger partial charge < -0.3 is 10.6 Å². The molecule has 0 rings (SSSR count). The summed E-state index contributed by atoms with van der Waals surface area (Å²) >= 11 is 1.92. The lowest BCUT2D eigenvalue weighted by Crippen LogP contribution is -2.42. The third kappa shape index (κ3) is 5.23. The Balaban J connectivity index is 4.09. The van der Waals surface area contributed by atoms with Crippen LogP contribution >= 0.6 is 11.8 Å². The fraction of sp³-hybridized carbons (Fsp3) is 1.00. The lowest BCUT2D eigenvalue weighted by molar-refractivity contribution is 0.173. The minimum atomic E-state index is 0.237. The topological polar surface area (TPSA) is 29.3 Å². The molecule has 2 nitrogen and oxygen atoms in total. The fourth-order valence-corrected chi connectivity index (χ4v) is 2.49. The molecule has 0 aromatic heterocycles. The molecule has 0 amide bonds. The van der Waals surface area contributed by atoms with Crippen LogP contribution in [0, 0.1) is 5.41 Å². The molecule has 2 N–H and O–H groups in total. The van der Waals surface area contributed by atoms with Gasteiger partial charge in [-0.05, 0) is 31.7 Å². The molecule has 14 heavy (non-hydrogen) atoms. The largest absolute Gasteiger partial charge is 0.330 e. The molecule has 0 bridgehead atoms. The van der Waals surface area contributed by atoms with Crippen molar-refractivity contribution in [1.29, 1.82) is 0 Å². The molecule has 3 heteroatoms. The van der Waals surface area contributed by atoms with Gasteiger partial charge in [-0.1, -0.05) is 20.8 Å². The highest BCUT2D eigenvalue weighted by Gasteiger charge is 2.21. The molecule has 1 unspecified atom stereocenters. The van der Waals surface area contributed by atoms with E-state index in [-0.39, 0.29) is 5.41 Å². The number of thioether (sulfide) groups is 1. The molecule has 0 aliphatic heterocycles. The summed E-state index contributed by atoms with van der Waals surface area (Å²) in [5.74, 6) is 1.22. The number of hydrogen-bond donors (Lipinski definition) is 1. The summed E-state index contributed by atoms with van der Waals surface area (Å²) in [5.41, 5.74) is 5.97. The summed E-state index contributed by atoms with van der Waals surface area (Å²) in [6.45, 7) is 8.56. The Kier molecular flexibility index (Phi) is 6.83. The van der Waals surface area contributed by atoms with Gasteiger partial charge in [-0.15, -0.1) is 0 Å². The highest BCUT2D eigenvalue weighted by Crippen LogP contribution is 2.17. The molecule has 86 valence electrons. The van der Waals surface area contributed by atoms with Gasteiger partial charge in [0.1, 0.15) is 0 Å². The predicted octanol–water partition coefficient (Wildman–Crippen LogP) is 2.04. The van der Waals surface area contributed by atoms with E-state index in [9.17, 15) is 0 Å². The van der Waals surface area contributed by atoms with Gasteiger partial charge in [0.05, 0.1) is 0 Å². The van der Waals surface area contributed by atoms with E-state index in [4.69, 9.17) is 5.73 Å². The average Bonchev–Trinajstić information content (AvgIpc) is 2.13. The Labute approximate surface area is 93.6 Å². The standard InChI is InChI=1S/C11H26N2S/c1-6-10(7-14-5)13(4)9-11(2,3)8-12/h10H,6-9,12H2,1-5H3. The second-order valence-corrected chi connectivity index (χ2v) is 5.71. The zero-order valence-electron chi connectivity index (χ0n) is 10.3. The van der Waals surface area contributed by atoms with Gasteiger partial charge in [0.2, 0.25) is 0 Å². The van der Waals surface area contributed by atoms with E-state index < -0.39 is 0 Å². The van der Waals surface area contributed by atoms with Crippen LogP contribution in [-0.4, -0.2) is 43.1 Å². The molecule has 0 heterocycles. The van der Waals surface area contributed by atoms with E-state index in [0.717, 1.165) is 13.1 Å². The quantitative estimate of drug-likeness (QED) is 0.709. The van der Waals surface area contributed by atoms with E-state index in [0.29, 0.717) is 6.04 Å². The normalized spacial score (nSPS) is 14.8. The molecular weight excluding hydrogens is 192 g/mol. The first-order valence-electron chi connectivity index (χ1n) is 5.36. The Morgan fingerprint density at radius 2 is 2.00 bits per heavy atom. The molecule has 0 radical (unpaired) electrons. The van der Waals surface area contributed by atoms with Crippen molar-refractivity contribution in [2.75, 3.05) is 32.1 Å². The first-order chi connectivity index (χ1) is 6.46. The average molecular weight is 218 g/mol. The lowest BCUT2D eigenvalue weighted by atomic mass is 9.92. The van der Waals surface area contributed by atoms with Crippen LogP contribution in [-0.2, 0) is 0 Å². The first-order valence-corrected chi connectivity index (χ1v) is 6.75. The molecular formula is C11H26N2S. The zero-order valence-corrected chi connectivity index (χ0v) is 11.2. The van der Waals surface area contributed by atoms with Gasteiger partial charge in [0, 0.05) is 18.3 Å². The third-order valence-electron chi connectivity index (χ3n) is 2.68. The van der Waals surface area contributed by atoms with Crippen LogP contribution in [0.5, 0.6) is 0 Å². The minimum Gasteiger partial charge on any atom is -0.330 e. The van der Waals surface area contributed by atoms with Gasteiger partial charge in [0.25, 0.3) is 0 Å². The molecule has 0 spiro atoms. The van der Waals surface area contributed by atoms with Crippen molar-refractivity contribution in [1.82, 2.24) is 4.90 Å². The maximum absolute atomic E-state index is 5.74. The molecule has 0 aromatic rings.